The van der Waals surface area contributed by atoms with E-state index in [1.807, 2.05) is 0 Å². The molecule has 0 aromatic heterocycles. The molecule has 5 atom stereocenters. The van der Waals surface area contributed by atoms with Crippen molar-refractivity contribution in [2.45, 2.75) is 94.4 Å². The van der Waals surface area contributed by atoms with Crippen LogP contribution in [0.25, 0.3) is 0 Å². The molecule has 2 rings (SSSR count). The van der Waals surface area contributed by atoms with Crippen molar-refractivity contribution in [3.8, 4) is 0 Å². The summed E-state index contributed by atoms with van der Waals surface area (Å²) in [6.07, 6.45) is 0.168. The van der Waals surface area contributed by atoms with Crippen molar-refractivity contribution in [3.63, 3.8) is 0 Å². The van der Waals surface area contributed by atoms with Gasteiger partial charge >= 0.3 is 5.97 Å². The molecule has 7 amide bonds. The van der Waals surface area contributed by atoms with Crippen molar-refractivity contribution in [3.05, 3.63) is 0 Å². The molecule has 11 N–H and O–H groups in total. The lowest BCUT2D eigenvalue weighted by atomic mass is 10.0. The number of carbonyl (C=O) groups is 8. The topological polar surface area (TPSA) is 291 Å². The van der Waals surface area contributed by atoms with Crippen molar-refractivity contribution < 1.29 is 43.5 Å². The van der Waals surface area contributed by atoms with E-state index < -0.39 is 77.5 Å². The summed E-state index contributed by atoms with van der Waals surface area (Å²) in [5, 5.41) is 14.5. The van der Waals surface area contributed by atoms with Crippen molar-refractivity contribution in [1.29, 1.82) is 0 Å². The van der Waals surface area contributed by atoms with Gasteiger partial charge in [-0.2, -0.15) is 0 Å². The fourth-order valence-corrected chi connectivity index (χ4v) is 5.06. The van der Waals surface area contributed by atoms with Gasteiger partial charge in [-0.15, -0.1) is 0 Å². The van der Waals surface area contributed by atoms with E-state index in [-0.39, 0.29) is 64.5 Å². The number of rotatable bonds is 16. The van der Waals surface area contributed by atoms with Gasteiger partial charge in [-0.3, -0.25) is 33.6 Å². The molecular formula is C25H40N8O9. The van der Waals surface area contributed by atoms with Crippen molar-refractivity contribution in [1.82, 2.24) is 20.4 Å². The highest BCUT2D eigenvalue weighted by atomic mass is 16.4. The SMILES string of the molecule is NC(=O)CC[C@H](NC(=O)[C@@H]1CCCN1C(=O)[C@@H](N)CCC(N)=O)C(=O)N[C@@H](CCC(N)=O)C(=O)N1CCC[C@H]1C(=O)O. The van der Waals surface area contributed by atoms with Crippen LogP contribution in [0.1, 0.15) is 64.2 Å². The molecule has 2 aliphatic rings. The van der Waals surface area contributed by atoms with Gasteiger partial charge in [-0.25, -0.2) is 4.79 Å². The van der Waals surface area contributed by atoms with Crippen LogP contribution in [0.2, 0.25) is 0 Å². The summed E-state index contributed by atoms with van der Waals surface area (Å²) >= 11 is 0. The van der Waals surface area contributed by atoms with Crippen LogP contribution in [0.4, 0.5) is 0 Å². The number of amides is 7. The average molecular weight is 597 g/mol. The lowest BCUT2D eigenvalue weighted by Crippen LogP contribution is -2.58. The van der Waals surface area contributed by atoms with E-state index in [0.717, 1.165) is 4.90 Å². The predicted octanol–water partition coefficient (Wildman–Crippen LogP) is -3.85. The standard InChI is InChI=1S/C25H40N8O9/c26-13(5-8-18(27)34)23(39)32-11-1-3-16(32)22(38)30-14(6-9-19(28)35)21(37)31-15(7-10-20(29)36)24(40)33-12-2-4-17(33)25(41)42/h13-17H,1-12,26H2,(H2,27,34)(H2,28,35)(H2,29,36)(H,30,38)(H,31,37)(H,41,42)/t13-,14-,15-,16-,17-/m0/s1. The van der Waals surface area contributed by atoms with Crippen molar-refractivity contribution in [2.24, 2.45) is 22.9 Å². The Labute approximate surface area is 242 Å². The molecule has 2 aliphatic heterocycles. The Bertz CT molecular complexity index is 1080. The zero-order chi connectivity index (χ0) is 31.6. The molecule has 0 aromatic rings. The second-order valence-electron chi connectivity index (χ2n) is 10.5. The number of primary amides is 3. The summed E-state index contributed by atoms with van der Waals surface area (Å²) in [7, 11) is 0. The van der Waals surface area contributed by atoms with Gasteiger partial charge in [0, 0.05) is 32.4 Å². The maximum absolute atomic E-state index is 13.3. The van der Waals surface area contributed by atoms with Gasteiger partial charge in [0.25, 0.3) is 0 Å². The lowest BCUT2D eigenvalue weighted by molar-refractivity contribution is -0.149. The molecule has 234 valence electrons. The van der Waals surface area contributed by atoms with E-state index in [2.05, 4.69) is 10.6 Å². The number of hydrogen-bond acceptors (Lipinski definition) is 9. The van der Waals surface area contributed by atoms with E-state index in [4.69, 9.17) is 22.9 Å². The van der Waals surface area contributed by atoms with Gasteiger partial charge in [0.15, 0.2) is 0 Å². The van der Waals surface area contributed by atoms with Crippen LogP contribution >= 0.6 is 0 Å². The summed E-state index contributed by atoms with van der Waals surface area (Å²) in [5.41, 5.74) is 21.5. The minimum Gasteiger partial charge on any atom is -0.480 e. The minimum absolute atomic E-state index is 0.0108. The van der Waals surface area contributed by atoms with E-state index in [9.17, 15) is 43.5 Å². The Morgan fingerprint density at radius 3 is 1.69 bits per heavy atom. The first-order valence-corrected chi connectivity index (χ1v) is 13.8. The average Bonchev–Trinajstić information content (AvgIpc) is 3.61. The van der Waals surface area contributed by atoms with Crippen LogP contribution in [0.5, 0.6) is 0 Å². The number of nitrogens with two attached hydrogens (primary N) is 4. The molecule has 0 saturated carbocycles. The van der Waals surface area contributed by atoms with E-state index in [1.54, 1.807) is 0 Å². The van der Waals surface area contributed by atoms with E-state index >= 15 is 0 Å². The lowest BCUT2D eigenvalue weighted by Gasteiger charge is -2.30. The van der Waals surface area contributed by atoms with Crippen LogP contribution in [0.3, 0.4) is 0 Å². The number of carboxylic acid groups (broad SMARTS) is 1. The van der Waals surface area contributed by atoms with E-state index in [0.29, 0.717) is 12.8 Å². The first-order chi connectivity index (χ1) is 19.7. The maximum Gasteiger partial charge on any atom is 0.326 e. The normalized spacial score (nSPS) is 20.3. The van der Waals surface area contributed by atoms with Crippen LogP contribution in [0.15, 0.2) is 0 Å². The Hall–Kier alpha value is -4.28. The molecular weight excluding hydrogens is 556 g/mol. The van der Waals surface area contributed by atoms with Gasteiger partial charge in [-0.05, 0) is 44.9 Å². The highest BCUT2D eigenvalue weighted by Crippen LogP contribution is 2.21. The molecule has 0 aliphatic carbocycles. The Balaban J connectivity index is 2.20. The van der Waals surface area contributed by atoms with Crippen LogP contribution in [-0.4, -0.2) is 106 Å². The number of likely N-dealkylation sites (tertiary alicyclic amines) is 2. The van der Waals surface area contributed by atoms with Crippen LogP contribution in [-0.2, 0) is 38.4 Å². The number of hydrogen-bond donors (Lipinski definition) is 7. The van der Waals surface area contributed by atoms with Crippen molar-refractivity contribution >= 4 is 47.3 Å². The fraction of sp³-hybridized carbons (Fsp3) is 0.680. The monoisotopic (exact) mass is 596 g/mol. The van der Waals surface area contributed by atoms with Crippen LogP contribution in [0, 0.1) is 0 Å². The van der Waals surface area contributed by atoms with Gasteiger partial charge < -0.3 is 48.5 Å². The Kier molecular flexibility index (Phi) is 12.6. The first kappa shape index (κ1) is 33.9. The fourth-order valence-electron chi connectivity index (χ4n) is 5.06. The maximum atomic E-state index is 13.3. The van der Waals surface area contributed by atoms with Crippen molar-refractivity contribution in [2.75, 3.05) is 13.1 Å². The molecule has 2 heterocycles. The number of nitrogens with one attached hydrogen (secondary N) is 2. The zero-order valence-electron chi connectivity index (χ0n) is 23.3. The molecule has 0 bridgehead atoms. The molecule has 2 fully saturated rings. The third-order valence-electron chi connectivity index (χ3n) is 7.28. The van der Waals surface area contributed by atoms with Crippen LogP contribution < -0.4 is 33.6 Å². The summed E-state index contributed by atoms with van der Waals surface area (Å²) in [6, 6.07) is -5.88. The van der Waals surface area contributed by atoms with E-state index in [1.165, 1.54) is 4.90 Å². The second kappa shape index (κ2) is 15.6. The highest BCUT2D eigenvalue weighted by Gasteiger charge is 2.40. The molecule has 17 heteroatoms. The summed E-state index contributed by atoms with van der Waals surface area (Å²) in [5.74, 6) is -6.24. The molecule has 0 aromatic carbocycles. The molecule has 2 saturated heterocycles. The Morgan fingerprint density at radius 1 is 0.690 bits per heavy atom. The minimum atomic E-state index is -1.37. The smallest absolute Gasteiger partial charge is 0.326 e. The predicted molar refractivity (Wildman–Crippen MR) is 144 cm³/mol. The summed E-state index contributed by atoms with van der Waals surface area (Å²) in [4.78, 5) is 101. The quantitative estimate of drug-likeness (QED) is 0.0909. The highest BCUT2D eigenvalue weighted by molar-refractivity contribution is 5.96. The molecule has 17 nitrogen and oxygen atoms in total. The van der Waals surface area contributed by atoms with Gasteiger partial charge in [0.1, 0.15) is 24.2 Å². The van der Waals surface area contributed by atoms with Gasteiger partial charge in [-0.1, -0.05) is 0 Å². The van der Waals surface area contributed by atoms with Gasteiger partial charge in [0.2, 0.25) is 41.4 Å². The number of carboxylic acids is 1. The first-order valence-electron chi connectivity index (χ1n) is 13.8. The largest absolute Gasteiger partial charge is 0.480 e. The molecule has 0 radical (unpaired) electrons. The zero-order valence-corrected chi connectivity index (χ0v) is 23.3. The number of carbonyl (C=O) groups excluding carboxylic acids is 7. The Morgan fingerprint density at radius 2 is 1.17 bits per heavy atom. The molecule has 0 spiro atoms. The molecule has 0 unspecified atom stereocenters. The second-order valence-corrected chi connectivity index (χ2v) is 10.5. The number of aliphatic carboxylic acids is 1. The third-order valence-corrected chi connectivity index (χ3v) is 7.28. The third kappa shape index (κ3) is 9.67. The van der Waals surface area contributed by atoms with Gasteiger partial charge in [0.05, 0.1) is 6.04 Å². The summed E-state index contributed by atoms with van der Waals surface area (Å²) < 4.78 is 0. The molecule has 42 heavy (non-hydrogen) atoms. The number of nitrogens with zero attached hydrogens (tertiary/aromatic N) is 2. The summed E-state index contributed by atoms with van der Waals surface area (Å²) in [6.45, 7) is 0.345.